The molecule has 0 aliphatic carbocycles. The smallest absolute Gasteiger partial charge is 0.0196 e. The van der Waals surface area contributed by atoms with E-state index in [4.69, 9.17) is 20.4 Å². The Kier molecular flexibility index (Phi) is 11.8. The van der Waals surface area contributed by atoms with Crippen LogP contribution in [0.5, 0.6) is 0 Å². The summed E-state index contributed by atoms with van der Waals surface area (Å²) in [5.74, 6) is 0. The molecule has 0 aromatic heterocycles. The van der Waals surface area contributed by atoms with Crippen LogP contribution in [-0.2, 0) is 12.7 Å². The van der Waals surface area contributed by atoms with Crippen LogP contribution in [0.4, 0.5) is 0 Å². The standard InChI is InChI=1S/C27H25P2.2ClH.Ni/c1-5-14-24(15-6-1)28(25-16-7-2-8-17-25)22-13-23-29(26-18-9-3-10-19-26)27-20-11-4-12-21-27;;;/h1-12,14-22H,13,23H2;2*1H;/q-1;;;+3/p-2. The van der Waals surface area contributed by atoms with Crippen molar-refractivity contribution in [3.63, 3.8) is 0 Å². The molecule has 4 aromatic rings. The van der Waals surface area contributed by atoms with Crippen LogP contribution < -0.4 is 21.2 Å². The Bertz CT molecular complexity index is 841. The summed E-state index contributed by atoms with van der Waals surface area (Å²) >= 11 is 0.569. The average molecular weight is 541 g/mol. The van der Waals surface area contributed by atoms with Crippen LogP contribution in [0, 0.1) is 6.16 Å². The Balaban J connectivity index is 0.000000913. The zero-order valence-corrected chi connectivity index (χ0v) is 21.8. The molecule has 0 nitrogen and oxygen atoms in total. The molecule has 0 atom stereocenters. The van der Waals surface area contributed by atoms with E-state index >= 15 is 0 Å². The third-order valence-electron chi connectivity index (χ3n) is 4.87. The van der Waals surface area contributed by atoms with Gasteiger partial charge in [0.1, 0.15) is 0 Å². The van der Waals surface area contributed by atoms with Crippen molar-refractivity contribution in [1.29, 1.82) is 0 Å². The van der Waals surface area contributed by atoms with Gasteiger partial charge in [-0.05, 0) is 18.5 Å². The average Bonchev–Trinajstić information content (AvgIpc) is 2.87. The first kappa shape index (κ1) is 25.4. The Hall–Kier alpha value is -1.19. The maximum absolute atomic E-state index is 4.70. The van der Waals surface area contributed by atoms with Crippen LogP contribution in [0.2, 0.25) is 0 Å². The van der Waals surface area contributed by atoms with Crippen LogP contribution >= 0.6 is 36.2 Å². The van der Waals surface area contributed by atoms with Gasteiger partial charge in [-0.15, -0.1) is 0 Å². The fraction of sp³-hybridized carbons (Fsp3) is 0.0741. The molecule has 0 N–H and O–H groups in total. The van der Waals surface area contributed by atoms with Gasteiger partial charge < -0.3 is 0 Å². The maximum atomic E-state index is 4.70. The number of rotatable bonds is 8. The fourth-order valence-electron chi connectivity index (χ4n) is 3.48. The van der Waals surface area contributed by atoms with E-state index in [1.165, 1.54) is 27.4 Å². The van der Waals surface area contributed by atoms with E-state index in [0.29, 0.717) is 12.7 Å². The SMILES string of the molecule is [Cl][Ni+][Cl].c1ccc(P([CH-]CCP(c2ccccc2)c2ccccc2)c2ccccc2)cc1. The van der Waals surface area contributed by atoms with Gasteiger partial charge in [-0.25, -0.2) is 7.92 Å². The monoisotopic (exact) mass is 539 g/mol. The van der Waals surface area contributed by atoms with Gasteiger partial charge in [0.05, 0.1) is 0 Å². The molecular weight excluding hydrogens is 516 g/mol. The van der Waals surface area contributed by atoms with Crippen LogP contribution in [-0.4, -0.2) is 6.16 Å². The van der Waals surface area contributed by atoms with Crippen LogP contribution in [0.1, 0.15) is 6.42 Å². The summed E-state index contributed by atoms with van der Waals surface area (Å²) in [6, 6.07) is 43.9. The molecule has 0 spiro atoms. The van der Waals surface area contributed by atoms with Crippen molar-refractivity contribution in [3.05, 3.63) is 127 Å². The summed E-state index contributed by atoms with van der Waals surface area (Å²) in [5, 5.41) is 5.78. The summed E-state index contributed by atoms with van der Waals surface area (Å²) in [6.45, 7) is 0. The second kappa shape index (κ2) is 14.9. The summed E-state index contributed by atoms with van der Waals surface area (Å²) in [6.07, 6.45) is 4.87. The quantitative estimate of drug-likeness (QED) is 0.126. The molecule has 5 heteroatoms. The number of hydrogen-bond donors (Lipinski definition) is 0. The molecule has 0 saturated carbocycles. The van der Waals surface area contributed by atoms with Crippen molar-refractivity contribution in [2.24, 2.45) is 0 Å². The molecular formula is C27H25Cl2NiP2. The van der Waals surface area contributed by atoms with E-state index in [2.05, 4.69) is 127 Å². The third kappa shape index (κ3) is 7.99. The van der Waals surface area contributed by atoms with Gasteiger partial charge in [-0.3, -0.25) is 6.16 Å². The molecule has 0 saturated heterocycles. The van der Waals surface area contributed by atoms with Gasteiger partial charge in [-0.1, -0.05) is 138 Å². The molecule has 0 amide bonds. The first-order valence-electron chi connectivity index (χ1n) is 10.3. The normalized spacial score (nSPS) is 10.8. The van der Waals surface area contributed by atoms with Gasteiger partial charge in [-0.2, -0.15) is 6.42 Å². The summed E-state index contributed by atoms with van der Waals surface area (Å²) in [4.78, 5) is 0. The van der Waals surface area contributed by atoms with Crippen molar-refractivity contribution in [3.8, 4) is 0 Å². The first-order chi connectivity index (χ1) is 15.8. The Morgan fingerprint density at radius 3 is 1.19 bits per heavy atom. The van der Waals surface area contributed by atoms with Crippen molar-refractivity contribution >= 4 is 57.4 Å². The Labute approximate surface area is 209 Å². The van der Waals surface area contributed by atoms with Gasteiger partial charge >= 0.3 is 33.0 Å². The van der Waals surface area contributed by atoms with Crippen LogP contribution in [0.25, 0.3) is 0 Å². The molecule has 0 aliphatic heterocycles. The second-order valence-electron chi connectivity index (χ2n) is 6.88. The van der Waals surface area contributed by atoms with Crippen molar-refractivity contribution in [2.75, 3.05) is 6.16 Å². The zero-order valence-electron chi connectivity index (χ0n) is 17.5. The van der Waals surface area contributed by atoms with E-state index < -0.39 is 7.92 Å². The molecule has 4 aromatic carbocycles. The van der Waals surface area contributed by atoms with Crippen molar-refractivity contribution in [1.82, 2.24) is 0 Å². The molecule has 0 heterocycles. The van der Waals surface area contributed by atoms with Gasteiger partial charge in [0.15, 0.2) is 0 Å². The van der Waals surface area contributed by atoms with Crippen LogP contribution in [0.3, 0.4) is 0 Å². The van der Waals surface area contributed by atoms with Gasteiger partial charge in [0, 0.05) is 0 Å². The molecule has 32 heavy (non-hydrogen) atoms. The van der Waals surface area contributed by atoms with E-state index in [0.717, 1.165) is 6.42 Å². The van der Waals surface area contributed by atoms with E-state index in [1.54, 1.807) is 0 Å². The van der Waals surface area contributed by atoms with Crippen molar-refractivity contribution < 1.29 is 12.7 Å². The summed E-state index contributed by atoms with van der Waals surface area (Å²) in [7, 11) is 8.63. The summed E-state index contributed by atoms with van der Waals surface area (Å²) < 4.78 is 0. The zero-order chi connectivity index (χ0) is 22.4. The van der Waals surface area contributed by atoms with Gasteiger partial charge in [0.2, 0.25) is 0 Å². The number of hydrogen-bond acceptors (Lipinski definition) is 0. The molecule has 0 fully saturated rings. The largest absolute Gasteiger partial charge is 0.293 e. The molecule has 0 unspecified atom stereocenters. The molecule has 4 rings (SSSR count). The van der Waals surface area contributed by atoms with E-state index in [-0.39, 0.29) is 7.92 Å². The van der Waals surface area contributed by atoms with E-state index in [9.17, 15) is 0 Å². The molecule has 167 valence electrons. The predicted molar refractivity (Wildman–Crippen MR) is 144 cm³/mol. The maximum Gasteiger partial charge on any atom is -0.0196 e. The minimum absolute atomic E-state index is 0.340. The van der Waals surface area contributed by atoms with E-state index in [1.807, 2.05) is 0 Å². The Morgan fingerprint density at radius 2 is 0.844 bits per heavy atom. The second-order valence-corrected chi connectivity index (χ2v) is 13.0. The van der Waals surface area contributed by atoms with Crippen LogP contribution in [0.15, 0.2) is 121 Å². The molecule has 0 bridgehead atoms. The minimum atomic E-state index is -0.434. The number of halogens is 2. The third-order valence-corrected chi connectivity index (χ3v) is 9.75. The molecule has 0 radical (unpaired) electrons. The fourth-order valence-corrected chi connectivity index (χ4v) is 8.04. The topological polar surface area (TPSA) is 0 Å². The predicted octanol–water partition coefficient (Wildman–Crippen LogP) is 7.18. The Morgan fingerprint density at radius 1 is 0.531 bits per heavy atom. The van der Waals surface area contributed by atoms with Gasteiger partial charge in [0.25, 0.3) is 0 Å². The van der Waals surface area contributed by atoms with Crippen molar-refractivity contribution in [2.45, 2.75) is 6.42 Å². The number of benzene rings is 4. The first-order valence-corrected chi connectivity index (χ1v) is 15.9. The summed E-state index contributed by atoms with van der Waals surface area (Å²) in [5.41, 5.74) is 0. The minimum Gasteiger partial charge on any atom is -0.293 e. The molecule has 0 aliphatic rings.